The van der Waals surface area contributed by atoms with Gasteiger partial charge in [0.15, 0.2) is 10.4 Å². The van der Waals surface area contributed by atoms with Gasteiger partial charge >= 0.3 is 0 Å². The van der Waals surface area contributed by atoms with Crippen LogP contribution >= 0.6 is 31.9 Å². The average molecular weight is 474 g/mol. The summed E-state index contributed by atoms with van der Waals surface area (Å²) in [5.41, 5.74) is 0.367. The van der Waals surface area contributed by atoms with Crippen LogP contribution in [0.15, 0.2) is 56.5 Å². The minimum atomic E-state index is -0.508. The Morgan fingerprint density at radius 2 is 2.04 bits per heavy atom. The maximum atomic E-state index is 13.9. The summed E-state index contributed by atoms with van der Waals surface area (Å²) in [5.74, 6) is -1.19. The van der Waals surface area contributed by atoms with Gasteiger partial charge in [-0.2, -0.15) is 0 Å². The first-order valence-corrected chi connectivity index (χ1v) is 8.85. The molecule has 132 valence electrons. The van der Waals surface area contributed by atoms with E-state index < -0.39 is 11.7 Å². The molecule has 2 aromatic rings. The number of benzene rings is 1. The molecule has 0 radical (unpaired) electrons. The number of nitrogens with zero attached hydrogens (tertiary/aromatic N) is 1. The number of carbonyl (C=O) groups is 2. The lowest BCUT2D eigenvalue weighted by Gasteiger charge is -2.22. The predicted molar refractivity (Wildman–Crippen MR) is 98.5 cm³/mol. The van der Waals surface area contributed by atoms with Crippen LogP contribution in [0.1, 0.15) is 16.1 Å². The first-order valence-electron chi connectivity index (χ1n) is 7.27. The Bertz CT molecular complexity index is 792. The van der Waals surface area contributed by atoms with Crippen LogP contribution in [0.5, 0.6) is 0 Å². The van der Waals surface area contributed by atoms with Crippen molar-refractivity contribution < 1.29 is 18.4 Å². The summed E-state index contributed by atoms with van der Waals surface area (Å²) < 4.78 is 20.2. The Kier molecular flexibility index (Phi) is 6.95. The zero-order valence-electron chi connectivity index (χ0n) is 13.1. The van der Waals surface area contributed by atoms with Crippen LogP contribution in [0.2, 0.25) is 0 Å². The standard InChI is InChI=1S/C17H15Br2FN2O3/c1-2-7-22(10-11-8-12(18)3-4-13(11)20)16(23)9-21-17(24)14-5-6-15(19)25-14/h2-6,8H,1,7,9-10H2,(H,21,24). The van der Waals surface area contributed by atoms with E-state index in [0.717, 1.165) is 0 Å². The molecule has 25 heavy (non-hydrogen) atoms. The summed E-state index contributed by atoms with van der Waals surface area (Å²) in [6, 6.07) is 7.59. The summed E-state index contributed by atoms with van der Waals surface area (Å²) in [4.78, 5) is 25.7. The van der Waals surface area contributed by atoms with Crippen molar-refractivity contribution in [1.29, 1.82) is 0 Å². The molecule has 1 aromatic carbocycles. The second-order valence-electron chi connectivity index (χ2n) is 5.09. The molecule has 8 heteroatoms. The third-order valence-corrected chi connectivity index (χ3v) is 4.19. The predicted octanol–water partition coefficient (Wildman–Crippen LogP) is 3.89. The lowest BCUT2D eigenvalue weighted by atomic mass is 10.2. The minimum Gasteiger partial charge on any atom is -0.444 e. The molecule has 5 nitrogen and oxygen atoms in total. The van der Waals surface area contributed by atoms with Gasteiger partial charge in [0, 0.05) is 23.1 Å². The summed E-state index contributed by atoms with van der Waals surface area (Å²) in [7, 11) is 0. The molecule has 0 atom stereocenters. The van der Waals surface area contributed by atoms with Gasteiger partial charge in [0.1, 0.15) is 5.82 Å². The summed E-state index contributed by atoms with van der Waals surface area (Å²) in [6.45, 7) is 3.67. The number of halogens is 3. The molecular formula is C17H15Br2FN2O3. The van der Waals surface area contributed by atoms with E-state index in [-0.39, 0.29) is 31.3 Å². The normalized spacial score (nSPS) is 10.4. The minimum absolute atomic E-state index is 0.0678. The van der Waals surface area contributed by atoms with Gasteiger partial charge in [0.2, 0.25) is 5.91 Å². The highest BCUT2D eigenvalue weighted by molar-refractivity contribution is 9.10. The van der Waals surface area contributed by atoms with E-state index in [9.17, 15) is 14.0 Å². The second kappa shape index (κ2) is 8.96. The number of hydrogen-bond donors (Lipinski definition) is 1. The fraction of sp³-hybridized carbons (Fsp3) is 0.176. The van der Waals surface area contributed by atoms with Gasteiger partial charge in [-0.25, -0.2) is 4.39 Å². The van der Waals surface area contributed by atoms with Crippen LogP contribution in [0, 0.1) is 5.82 Å². The van der Waals surface area contributed by atoms with Gasteiger partial charge in [-0.1, -0.05) is 22.0 Å². The average Bonchev–Trinajstić information content (AvgIpc) is 3.01. The van der Waals surface area contributed by atoms with Gasteiger partial charge in [-0.05, 0) is 46.3 Å². The SMILES string of the molecule is C=CCN(Cc1cc(Br)ccc1F)C(=O)CNC(=O)c1ccc(Br)o1. The smallest absolute Gasteiger partial charge is 0.287 e. The molecule has 2 rings (SSSR count). The van der Waals surface area contributed by atoms with Gasteiger partial charge < -0.3 is 14.6 Å². The van der Waals surface area contributed by atoms with Crippen molar-refractivity contribution in [3.63, 3.8) is 0 Å². The molecule has 0 bridgehead atoms. The highest BCUT2D eigenvalue weighted by Crippen LogP contribution is 2.17. The fourth-order valence-corrected chi connectivity index (χ4v) is 2.79. The molecule has 0 fully saturated rings. The topological polar surface area (TPSA) is 62.6 Å². The Morgan fingerprint density at radius 1 is 1.28 bits per heavy atom. The van der Waals surface area contributed by atoms with Crippen molar-refractivity contribution in [2.75, 3.05) is 13.1 Å². The van der Waals surface area contributed by atoms with E-state index in [1.807, 2.05) is 0 Å². The van der Waals surface area contributed by atoms with E-state index >= 15 is 0 Å². The summed E-state index contributed by atoms with van der Waals surface area (Å²) >= 11 is 6.38. The Labute approximate surface area is 161 Å². The Morgan fingerprint density at radius 3 is 2.68 bits per heavy atom. The summed E-state index contributed by atoms with van der Waals surface area (Å²) in [5, 5.41) is 2.48. The van der Waals surface area contributed by atoms with Crippen LogP contribution < -0.4 is 5.32 Å². The zero-order valence-corrected chi connectivity index (χ0v) is 16.3. The molecule has 0 aliphatic heterocycles. The van der Waals surface area contributed by atoms with E-state index in [1.54, 1.807) is 24.3 Å². The Balaban J connectivity index is 2.01. The quantitative estimate of drug-likeness (QED) is 0.620. The van der Waals surface area contributed by atoms with Crippen molar-refractivity contribution in [3.8, 4) is 0 Å². The molecule has 1 aromatic heterocycles. The number of carbonyl (C=O) groups excluding carboxylic acids is 2. The number of amides is 2. The lowest BCUT2D eigenvalue weighted by Crippen LogP contribution is -2.40. The number of rotatable bonds is 7. The second-order valence-corrected chi connectivity index (χ2v) is 6.78. The molecule has 0 aliphatic carbocycles. The van der Waals surface area contributed by atoms with E-state index in [2.05, 4.69) is 43.8 Å². The van der Waals surface area contributed by atoms with Crippen molar-refractivity contribution >= 4 is 43.7 Å². The third-order valence-electron chi connectivity index (χ3n) is 3.27. The Hall–Kier alpha value is -1.93. The van der Waals surface area contributed by atoms with E-state index in [0.29, 0.717) is 14.7 Å². The third kappa shape index (κ3) is 5.54. The van der Waals surface area contributed by atoms with Crippen LogP contribution in [0.4, 0.5) is 4.39 Å². The van der Waals surface area contributed by atoms with Crippen molar-refractivity contribution in [2.45, 2.75) is 6.54 Å². The van der Waals surface area contributed by atoms with E-state index in [4.69, 9.17) is 4.42 Å². The molecular weight excluding hydrogens is 459 g/mol. The van der Waals surface area contributed by atoms with Gasteiger partial charge in [-0.15, -0.1) is 6.58 Å². The highest BCUT2D eigenvalue weighted by Gasteiger charge is 2.17. The molecule has 1 heterocycles. The number of nitrogens with one attached hydrogen (secondary N) is 1. The largest absolute Gasteiger partial charge is 0.444 e. The van der Waals surface area contributed by atoms with Crippen molar-refractivity contribution in [3.05, 3.63) is 69.3 Å². The van der Waals surface area contributed by atoms with Crippen LogP contribution in [-0.4, -0.2) is 29.8 Å². The van der Waals surface area contributed by atoms with Gasteiger partial charge in [-0.3, -0.25) is 9.59 Å². The van der Waals surface area contributed by atoms with Crippen molar-refractivity contribution in [2.24, 2.45) is 0 Å². The molecule has 0 spiro atoms. The number of furan rings is 1. The van der Waals surface area contributed by atoms with Gasteiger partial charge in [0.25, 0.3) is 5.91 Å². The van der Waals surface area contributed by atoms with Crippen LogP contribution in [0.25, 0.3) is 0 Å². The van der Waals surface area contributed by atoms with Gasteiger partial charge in [0.05, 0.1) is 6.54 Å². The molecule has 0 aliphatic rings. The van der Waals surface area contributed by atoms with E-state index in [1.165, 1.54) is 17.0 Å². The molecule has 0 unspecified atom stereocenters. The number of hydrogen-bond acceptors (Lipinski definition) is 3. The highest BCUT2D eigenvalue weighted by atomic mass is 79.9. The molecule has 1 N–H and O–H groups in total. The maximum absolute atomic E-state index is 13.9. The summed E-state index contributed by atoms with van der Waals surface area (Å²) in [6.07, 6.45) is 1.54. The molecule has 0 saturated carbocycles. The monoisotopic (exact) mass is 472 g/mol. The molecule has 0 saturated heterocycles. The first-order chi connectivity index (χ1) is 11.9. The maximum Gasteiger partial charge on any atom is 0.287 e. The lowest BCUT2D eigenvalue weighted by molar-refractivity contribution is -0.130. The van der Waals surface area contributed by atoms with Crippen molar-refractivity contribution in [1.82, 2.24) is 10.2 Å². The van der Waals surface area contributed by atoms with Crippen LogP contribution in [-0.2, 0) is 11.3 Å². The fourth-order valence-electron chi connectivity index (χ4n) is 2.07. The first kappa shape index (κ1) is 19.4. The zero-order chi connectivity index (χ0) is 18.4. The molecule has 2 amide bonds. The van der Waals surface area contributed by atoms with Crippen LogP contribution in [0.3, 0.4) is 0 Å².